The maximum absolute atomic E-state index is 6.08. The van der Waals surface area contributed by atoms with Crippen molar-refractivity contribution >= 4 is 22.6 Å². The molecular formula is C10H19IO. The van der Waals surface area contributed by atoms with Gasteiger partial charge in [0.1, 0.15) is 0 Å². The molecule has 0 bridgehead atoms. The fraction of sp³-hybridized carbons (Fsp3) is 1.00. The second kappa shape index (κ2) is 4.27. The third-order valence-electron chi connectivity index (χ3n) is 3.03. The number of hydrogen-bond donors (Lipinski definition) is 0. The Balaban J connectivity index is 2.54. The molecule has 0 spiro atoms. The Morgan fingerprint density at radius 2 is 2.25 bits per heavy atom. The van der Waals surface area contributed by atoms with E-state index in [0.29, 0.717) is 12.0 Å². The van der Waals surface area contributed by atoms with Gasteiger partial charge in [0, 0.05) is 4.43 Å². The van der Waals surface area contributed by atoms with Crippen LogP contribution in [0.1, 0.15) is 40.0 Å². The first-order chi connectivity index (χ1) is 5.58. The van der Waals surface area contributed by atoms with Gasteiger partial charge < -0.3 is 4.74 Å². The largest absolute Gasteiger partial charge is 0.371 e. The minimum Gasteiger partial charge on any atom is -0.371 e. The summed E-state index contributed by atoms with van der Waals surface area (Å²) in [6, 6.07) is 0. The van der Waals surface area contributed by atoms with Crippen LogP contribution in [0.25, 0.3) is 0 Å². The van der Waals surface area contributed by atoms with E-state index in [1.54, 1.807) is 0 Å². The highest BCUT2D eigenvalue weighted by atomic mass is 127. The fourth-order valence-corrected chi connectivity index (χ4v) is 2.33. The zero-order chi connectivity index (χ0) is 9.19. The summed E-state index contributed by atoms with van der Waals surface area (Å²) in [7, 11) is 0. The molecule has 1 heterocycles. The van der Waals surface area contributed by atoms with Crippen LogP contribution in [0.3, 0.4) is 0 Å². The van der Waals surface area contributed by atoms with E-state index in [4.69, 9.17) is 4.74 Å². The van der Waals surface area contributed by atoms with E-state index in [-0.39, 0.29) is 5.60 Å². The van der Waals surface area contributed by atoms with Crippen LogP contribution < -0.4 is 0 Å². The van der Waals surface area contributed by atoms with Gasteiger partial charge in [-0.2, -0.15) is 0 Å². The number of hydrogen-bond acceptors (Lipinski definition) is 1. The van der Waals surface area contributed by atoms with Gasteiger partial charge >= 0.3 is 0 Å². The second-order valence-electron chi connectivity index (χ2n) is 4.25. The monoisotopic (exact) mass is 282 g/mol. The van der Waals surface area contributed by atoms with Crippen LogP contribution >= 0.6 is 22.6 Å². The fourth-order valence-electron chi connectivity index (χ4n) is 1.71. The molecule has 1 rings (SSSR count). The summed E-state index contributed by atoms with van der Waals surface area (Å²) in [5.74, 6) is 0.642. The first-order valence-electron chi connectivity index (χ1n) is 4.82. The van der Waals surface area contributed by atoms with Gasteiger partial charge in [0.25, 0.3) is 0 Å². The smallest absolute Gasteiger partial charge is 0.0681 e. The number of alkyl halides is 1. The minimum atomic E-state index is 0.147. The molecule has 0 amide bonds. The van der Waals surface area contributed by atoms with E-state index in [1.165, 1.54) is 19.3 Å². The molecule has 2 atom stereocenters. The summed E-state index contributed by atoms with van der Waals surface area (Å²) in [5, 5.41) is 0. The van der Waals surface area contributed by atoms with Crippen molar-refractivity contribution in [3.8, 4) is 0 Å². The molecule has 0 saturated carbocycles. The number of ether oxygens (including phenoxy) is 1. The minimum absolute atomic E-state index is 0.147. The molecule has 1 aliphatic heterocycles. The van der Waals surface area contributed by atoms with Crippen LogP contribution in [0.5, 0.6) is 0 Å². The van der Waals surface area contributed by atoms with Crippen molar-refractivity contribution in [1.82, 2.24) is 0 Å². The zero-order valence-electron chi connectivity index (χ0n) is 8.27. The third kappa shape index (κ3) is 2.34. The molecule has 0 aromatic carbocycles. The van der Waals surface area contributed by atoms with Crippen molar-refractivity contribution in [2.45, 2.75) is 51.7 Å². The SMILES string of the molecule is CC(C)C1(C)CCCC(CI)O1. The lowest BCUT2D eigenvalue weighted by Gasteiger charge is -2.41. The van der Waals surface area contributed by atoms with Crippen LogP contribution in [0.15, 0.2) is 0 Å². The summed E-state index contributed by atoms with van der Waals surface area (Å²) in [6.07, 6.45) is 4.33. The average molecular weight is 282 g/mol. The molecular weight excluding hydrogens is 263 g/mol. The highest BCUT2D eigenvalue weighted by Gasteiger charge is 2.34. The van der Waals surface area contributed by atoms with Gasteiger partial charge in [0.15, 0.2) is 0 Å². The zero-order valence-corrected chi connectivity index (χ0v) is 10.4. The lowest BCUT2D eigenvalue weighted by atomic mass is 9.84. The van der Waals surface area contributed by atoms with Gasteiger partial charge in [-0.05, 0) is 32.1 Å². The van der Waals surface area contributed by atoms with Crippen molar-refractivity contribution in [2.75, 3.05) is 4.43 Å². The van der Waals surface area contributed by atoms with Crippen LogP contribution in [0, 0.1) is 5.92 Å². The molecule has 1 nitrogen and oxygen atoms in total. The molecule has 0 aromatic rings. The Labute approximate surface area is 89.4 Å². The Morgan fingerprint density at radius 3 is 2.75 bits per heavy atom. The van der Waals surface area contributed by atoms with Crippen molar-refractivity contribution < 1.29 is 4.74 Å². The Kier molecular flexibility index (Phi) is 3.83. The molecule has 0 aromatic heterocycles. The van der Waals surface area contributed by atoms with Gasteiger partial charge in [0.05, 0.1) is 11.7 Å². The Bertz CT molecular complexity index is 147. The van der Waals surface area contributed by atoms with Gasteiger partial charge in [-0.3, -0.25) is 0 Å². The molecule has 0 aliphatic carbocycles. The Hall–Kier alpha value is 0.690. The van der Waals surface area contributed by atoms with Gasteiger partial charge in [-0.1, -0.05) is 36.4 Å². The third-order valence-corrected chi connectivity index (χ3v) is 4.01. The molecule has 2 heteroatoms. The first kappa shape index (κ1) is 10.8. The van der Waals surface area contributed by atoms with Crippen LogP contribution in [0.2, 0.25) is 0 Å². The maximum atomic E-state index is 6.08. The molecule has 1 fully saturated rings. The molecule has 72 valence electrons. The lowest BCUT2D eigenvalue weighted by Crippen LogP contribution is -2.42. The summed E-state index contributed by atoms with van der Waals surface area (Å²) in [4.78, 5) is 0. The quantitative estimate of drug-likeness (QED) is 0.557. The number of rotatable bonds is 2. The van der Waals surface area contributed by atoms with Crippen molar-refractivity contribution in [3.05, 3.63) is 0 Å². The van der Waals surface area contributed by atoms with Gasteiger partial charge in [-0.15, -0.1) is 0 Å². The molecule has 0 N–H and O–H groups in total. The molecule has 12 heavy (non-hydrogen) atoms. The van der Waals surface area contributed by atoms with E-state index in [9.17, 15) is 0 Å². The van der Waals surface area contributed by atoms with E-state index in [0.717, 1.165) is 4.43 Å². The lowest BCUT2D eigenvalue weighted by molar-refractivity contribution is -0.132. The number of halogens is 1. The van der Waals surface area contributed by atoms with Crippen molar-refractivity contribution in [1.29, 1.82) is 0 Å². The molecule has 0 radical (unpaired) electrons. The average Bonchev–Trinajstić information content (AvgIpc) is 2.04. The highest BCUT2D eigenvalue weighted by Crippen LogP contribution is 2.34. The predicted molar refractivity (Wildman–Crippen MR) is 60.9 cm³/mol. The van der Waals surface area contributed by atoms with Crippen LogP contribution in [-0.4, -0.2) is 16.1 Å². The first-order valence-corrected chi connectivity index (χ1v) is 6.35. The van der Waals surface area contributed by atoms with E-state index in [1.807, 2.05) is 0 Å². The normalized spacial score (nSPS) is 37.2. The Morgan fingerprint density at radius 1 is 1.58 bits per heavy atom. The van der Waals surface area contributed by atoms with Crippen LogP contribution in [0.4, 0.5) is 0 Å². The second-order valence-corrected chi connectivity index (χ2v) is 5.13. The van der Waals surface area contributed by atoms with Crippen molar-refractivity contribution in [3.63, 3.8) is 0 Å². The molecule has 1 aliphatic rings. The topological polar surface area (TPSA) is 9.23 Å². The van der Waals surface area contributed by atoms with Crippen molar-refractivity contribution in [2.24, 2.45) is 5.92 Å². The summed E-state index contributed by atoms with van der Waals surface area (Å²) >= 11 is 2.42. The van der Waals surface area contributed by atoms with E-state index >= 15 is 0 Å². The standard InChI is InChI=1S/C10H19IO/c1-8(2)10(3)6-4-5-9(7-11)12-10/h8-9H,4-7H2,1-3H3. The van der Waals surface area contributed by atoms with E-state index < -0.39 is 0 Å². The van der Waals surface area contributed by atoms with Gasteiger partial charge in [0.2, 0.25) is 0 Å². The summed E-state index contributed by atoms with van der Waals surface area (Å²) < 4.78 is 7.22. The predicted octanol–water partition coefficient (Wildman–Crippen LogP) is 3.41. The highest BCUT2D eigenvalue weighted by molar-refractivity contribution is 14.1. The van der Waals surface area contributed by atoms with E-state index in [2.05, 4.69) is 43.4 Å². The molecule has 2 unspecified atom stereocenters. The summed E-state index contributed by atoms with van der Waals surface area (Å²) in [5.41, 5.74) is 0.147. The van der Waals surface area contributed by atoms with Crippen LogP contribution in [-0.2, 0) is 4.74 Å². The summed E-state index contributed by atoms with van der Waals surface area (Å²) in [6.45, 7) is 6.78. The molecule has 1 saturated heterocycles. The maximum Gasteiger partial charge on any atom is 0.0681 e. The van der Waals surface area contributed by atoms with Gasteiger partial charge in [-0.25, -0.2) is 0 Å².